The van der Waals surface area contributed by atoms with E-state index in [2.05, 4.69) is 16.7 Å². The fourth-order valence-electron chi connectivity index (χ4n) is 3.02. The van der Waals surface area contributed by atoms with Crippen LogP contribution in [0.1, 0.15) is 25.5 Å². The number of aliphatic hydroxyl groups excluding tert-OH is 1. The summed E-state index contributed by atoms with van der Waals surface area (Å²) in [6.45, 7) is 6.83. The lowest BCUT2D eigenvalue weighted by Crippen LogP contribution is -2.42. The van der Waals surface area contributed by atoms with Crippen LogP contribution >= 0.6 is 11.6 Å². The Hall–Kier alpha value is -0.550. The third-order valence-electron chi connectivity index (χ3n) is 4.37. The lowest BCUT2D eigenvalue weighted by atomic mass is 9.99. The molecule has 0 radical (unpaired) electrons. The average molecular weight is 314 g/mol. The minimum atomic E-state index is -0.292. The molecular weight excluding hydrogens is 286 g/mol. The van der Waals surface area contributed by atoms with Gasteiger partial charge in [0.15, 0.2) is 0 Å². The molecule has 4 nitrogen and oxygen atoms in total. The van der Waals surface area contributed by atoms with Crippen LogP contribution in [0.4, 0.5) is 0 Å². The van der Waals surface area contributed by atoms with E-state index in [0.29, 0.717) is 6.54 Å². The first kappa shape index (κ1) is 16.8. The van der Waals surface area contributed by atoms with E-state index < -0.39 is 0 Å². The Labute approximate surface area is 133 Å². The molecule has 1 aromatic heterocycles. The molecule has 0 saturated carbocycles. The highest BCUT2D eigenvalue weighted by atomic mass is 35.5. The first-order chi connectivity index (χ1) is 9.94. The second kappa shape index (κ2) is 7.63. The lowest BCUT2D eigenvalue weighted by molar-refractivity contribution is 0.0658. The van der Waals surface area contributed by atoms with Crippen molar-refractivity contribution >= 4 is 11.6 Å². The number of piperidine rings is 1. The fraction of sp³-hybridized carbons (Fsp3) is 0.750. The normalized spacial score (nSPS) is 19.3. The minimum absolute atomic E-state index is 0.292. The second-order valence-corrected chi connectivity index (χ2v) is 7.03. The van der Waals surface area contributed by atoms with Gasteiger partial charge in [0.25, 0.3) is 0 Å². The van der Waals surface area contributed by atoms with Gasteiger partial charge in [-0.05, 0) is 45.0 Å². The summed E-state index contributed by atoms with van der Waals surface area (Å²) in [5.41, 5.74) is 1.17. The van der Waals surface area contributed by atoms with Gasteiger partial charge in [-0.25, -0.2) is 0 Å². The standard InChI is InChI=1S/C16H28ClN3O/c1-13-4-6-20(7-5-13)12-16(21)11-18(2)10-15-8-14(17)9-19(15)3/h8-9,13,16,21H,4-7,10-12H2,1-3H3. The van der Waals surface area contributed by atoms with Gasteiger partial charge >= 0.3 is 0 Å². The third kappa shape index (κ3) is 5.29. The highest BCUT2D eigenvalue weighted by Gasteiger charge is 2.19. The fourth-order valence-corrected chi connectivity index (χ4v) is 3.30. The van der Waals surface area contributed by atoms with Crippen LogP contribution in [-0.2, 0) is 13.6 Å². The highest BCUT2D eigenvalue weighted by Crippen LogP contribution is 2.17. The van der Waals surface area contributed by atoms with Gasteiger partial charge in [0.1, 0.15) is 0 Å². The average Bonchev–Trinajstić information content (AvgIpc) is 2.70. The Morgan fingerprint density at radius 3 is 2.67 bits per heavy atom. The first-order valence-electron chi connectivity index (χ1n) is 7.83. The molecule has 0 aromatic carbocycles. The molecule has 1 fully saturated rings. The monoisotopic (exact) mass is 313 g/mol. The molecule has 1 aromatic rings. The van der Waals surface area contributed by atoms with Gasteiger partial charge < -0.3 is 14.6 Å². The molecule has 1 N–H and O–H groups in total. The number of hydrogen-bond donors (Lipinski definition) is 1. The number of aromatic nitrogens is 1. The van der Waals surface area contributed by atoms with Crippen molar-refractivity contribution in [2.45, 2.75) is 32.4 Å². The van der Waals surface area contributed by atoms with Gasteiger partial charge in [-0.2, -0.15) is 0 Å². The summed E-state index contributed by atoms with van der Waals surface area (Å²) < 4.78 is 2.04. The first-order valence-corrected chi connectivity index (χ1v) is 8.21. The Morgan fingerprint density at radius 2 is 2.10 bits per heavy atom. The van der Waals surface area contributed by atoms with Crippen LogP contribution in [0.15, 0.2) is 12.3 Å². The van der Waals surface area contributed by atoms with E-state index in [4.69, 9.17) is 11.6 Å². The molecule has 2 heterocycles. The number of likely N-dealkylation sites (N-methyl/N-ethyl adjacent to an activating group) is 1. The van der Waals surface area contributed by atoms with Gasteiger partial charge in [0.2, 0.25) is 0 Å². The number of aryl methyl sites for hydroxylation is 1. The van der Waals surface area contributed by atoms with E-state index in [-0.39, 0.29) is 6.10 Å². The maximum absolute atomic E-state index is 10.3. The van der Waals surface area contributed by atoms with Gasteiger partial charge in [0.05, 0.1) is 11.1 Å². The van der Waals surface area contributed by atoms with Gasteiger partial charge in [-0.15, -0.1) is 0 Å². The van der Waals surface area contributed by atoms with Crippen molar-refractivity contribution in [1.82, 2.24) is 14.4 Å². The molecular formula is C16H28ClN3O. The number of nitrogens with zero attached hydrogens (tertiary/aromatic N) is 3. The highest BCUT2D eigenvalue weighted by molar-refractivity contribution is 6.30. The molecule has 2 rings (SSSR count). The minimum Gasteiger partial charge on any atom is -0.390 e. The smallest absolute Gasteiger partial charge is 0.0793 e. The summed E-state index contributed by atoms with van der Waals surface area (Å²) in [6, 6.07) is 1.98. The number of likely N-dealkylation sites (tertiary alicyclic amines) is 1. The molecule has 1 aliphatic rings. The molecule has 5 heteroatoms. The molecule has 1 aliphatic heterocycles. The van der Waals surface area contributed by atoms with Crippen LogP contribution in [0.3, 0.4) is 0 Å². The van der Waals surface area contributed by atoms with Crippen LogP contribution in [0.5, 0.6) is 0 Å². The predicted octanol–water partition coefficient (Wildman–Crippen LogP) is 2.20. The molecule has 0 spiro atoms. The Kier molecular flexibility index (Phi) is 6.11. The van der Waals surface area contributed by atoms with Crippen molar-refractivity contribution in [2.75, 3.05) is 33.2 Å². The van der Waals surface area contributed by atoms with E-state index in [9.17, 15) is 5.11 Å². The summed E-state index contributed by atoms with van der Waals surface area (Å²) in [5.74, 6) is 0.836. The summed E-state index contributed by atoms with van der Waals surface area (Å²) in [4.78, 5) is 4.54. The number of rotatable bonds is 6. The molecule has 1 saturated heterocycles. The number of hydrogen-bond acceptors (Lipinski definition) is 3. The van der Waals surface area contributed by atoms with Crippen molar-refractivity contribution in [3.05, 3.63) is 23.0 Å². The van der Waals surface area contributed by atoms with Crippen LogP contribution in [0.25, 0.3) is 0 Å². The molecule has 0 aliphatic carbocycles. The van der Waals surface area contributed by atoms with Crippen LogP contribution < -0.4 is 0 Å². The largest absolute Gasteiger partial charge is 0.390 e. The maximum atomic E-state index is 10.3. The SMILES string of the molecule is CC1CCN(CC(O)CN(C)Cc2cc(Cl)cn2C)CC1. The van der Waals surface area contributed by atoms with Crippen molar-refractivity contribution in [1.29, 1.82) is 0 Å². The number of aliphatic hydroxyl groups is 1. The van der Waals surface area contributed by atoms with E-state index >= 15 is 0 Å². The Balaban J connectivity index is 1.74. The van der Waals surface area contributed by atoms with E-state index in [1.807, 2.05) is 30.9 Å². The van der Waals surface area contributed by atoms with Crippen molar-refractivity contribution in [3.8, 4) is 0 Å². The number of halogens is 1. The molecule has 0 bridgehead atoms. The van der Waals surface area contributed by atoms with Crippen LogP contribution in [0, 0.1) is 5.92 Å². The van der Waals surface area contributed by atoms with Gasteiger partial charge in [0, 0.05) is 38.6 Å². The predicted molar refractivity (Wildman–Crippen MR) is 87.6 cm³/mol. The van der Waals surface area contributed by atoms with E-state index in [1.165, 1.54) is 18.5 Å². The molecule has 1 atom stereocenters. The molecule has 1 unspecified atom stereocenters. The topological polar surface area (TPSA) is 31.6 Å². The molecule has 120 valence electrons. The van der Waals surface area contributed by atoms with Crippen molar-refractivity contribution in [2.24, 2.45) is 13.0 Å². The quantitative estimate of drug-likeness (QED) is 0.874. The van der Waals surface area contributed by atoms with Gasteiger partial charge in [-0.1, -0.05) is 18.5 Å². The van der Waals surface area contributed by atoms with Gasteiger partial charge in [-0.3, -0.25) is 4.90 Å². The third-order valence-corrected chi connectivity index (χ3v) is 4.58. The maximum Gasteiger partial charge on any atom is 0.0793 e. The Bertz CT molecular complexity index is 441. The zero-order valence-electron chi connectivity index (χ0n) is 13.4. The summed E-state index contributed by atoms with van der Waals surface area (Å²) in [7, 11) is 4.04. The van der Waals surface area contributed by atoms with Crippen molar-refractivity contribution in [3.63, 3.8) is 0 Å². The Morgan fingerprint density at radius 1 is 1.43 bits per heavy atom. The number of β-amino-alcohol motifs (C(OH)–C–C–N with tert-alkyl or cyclic N) is 1. The summed E-state index contributed by atoms with van der Waals surface area (Å²) in [5, 5.41) is 11.0. The molecule has 0 amide bonds. The summed E-state index contributed by atoms with van der Waals surface area (Å²) >= 11 is 6.00. The summed E-state index contributed by atoms with van der Waals surface area (Å²) in [6.07, 6.45) is 4.13. The second-order valence-electron chi connectivity index (χ2n) is 6.59. The van der Waals surface area contributed by atoms with Crippen molar-refractivity contribution < 1.29 is 5.11 Å². The van der Waals surface area contributed by atoms with E-state index in [1.54, 1.807) is 0 Å². The zero-order valence-corrected chi connectivity index (χ0v) is 14.2. The lowest BCUT2D eigenvalue weighted by Gasteiger charge is -2.32. The van der Waals surface area contributed by atoms with Crippen LogP contribution in [-0.4, -0.2) is 58.8 Å². The van der Waals surface area contributed by atoms with E-state index in [0.717, 1.165) is 37.1 Å². The van der Waals surface area contributed by atoms with Crippen LogP contribution in [0.2, 0.25) is 5.02 Å². The molecule has 21 heavy (non-hydrogen) atoms. The zero-order chi connectivity index (χ0) is 15.4.